The van der Waals surface area contributed by atoms with Gasteiger partial charge in [0.15, 0.2) is 5.96 Å². The summed E-state index contributed by atoms with van der Waals surface area (Å²) in [5.41, 5.74) is 2.29. The fourth-order valence-corrected chi connectivity index (χ4v) is 2.66. The molecule has 9 heteroatoms. The van der Waals surface area contributed by atoms with Crippen molar-refractivity contribution in [3.8, 4) is 0 Å². The molecule has 0 saturated carbocycles. The summed E-state index contributed by atoms with van der Waals surface area (Å²) in [6.45, 7) is 1.86. The van der Waals surface area contributed by atoms with Crippen LogP contribution in [0.3, 0.4) is 0 Å². The average Bonchev–Trinajstić information content (AvgIpc) is 2.70. The van der Waals surface area contributed by atoms with Crippen molar-refractivity contribution >= 4 is 17.6 Å². The highest BCUT2D eigenvalue weighted by Gasteiger charge is 2.27. The fourth-order valence-electron chi connectivity index (χ4n) is 2.53. The number of guanidine groups is 1. The van der Waals surface area contributed by atoms with Gasteiger partial charge in [0.05, 0.1) is 19.3 Å². The first-order chi connectivity index (χ1) is 14.3. The molecule has 2 rings (SSSR count). The summed E-state index contributed by atoms with van der Waals surface area (Å²) in [5.74, 6) is 0.545. The third-order valence-corrected chi connectivity index (χ3v) is 4.29. The molecule has 1 unspecified atom stereocenters. The van der Waals surface area contributed by atoms with E-state index in [1.54, 1.807) is 48.5 Å². The van der Waals surface area contributed by atoms with E-state index in [4.69, 9.17) is 11.6 Å². The second-order valence-electron chi connectivity index (χ2n) is 6.57. The van der Waals surface area contributed by atoms with Crippen LogP contribution in [0.4, 0.5) is 13.2 Å². The zero-order chi connectivity index (χ0) is 22.0. The van der Waals surface area contributed by atoms with Gasteiger partial charge in [-0.15, -0.1) is 0 Å². The smallest absolute Gasteiger partial charge is 0.387 e. The van der Waals surface area contributed by atoms with Crippen molar-refractivity contribution in [2.75, 3.05) is 19.7 Å². The van der Waals surface area contributed by atoms with E-state index in [1.807, 2.05) is 6.92 Å². The van der Waals surface area contributed by atoms with Crippen molar-refractivity contribution in [3.63, 3.8) is 0 Å². The summed E-state index contributed by atoms with van der Waals surface area (Å²) < 4.78 is 41.0. The number of benzene rings is 2. The molecule has 0 aromatic heterocycles. The molecule has 0 spiro atoms. The SMILES string of the molecule is CCNC(=NCc1ccc(COCC(F)(F)F)cc1)NCC(O)c1ccc(Cl)cc1. The van der Waals surface area contributed by atoms with Gasteiger partial charge in [-0.05, 0) is 35.7 Å². The van der Waals surface area contributed by atoms with Gasteiger partial charge in [-0.3, -0.25) is 0 Å². The lowest BCUT2D eigenvalue weighted by Gasteiger charge is -2.15. The van der Waals surface area contributed by atoms with Crippen molar-refractivity contribution < 1.29 is 23.0 Å². The van der Waals surface area contributed by atoms with Crippen LogP contribution in [0.25, 0.3) is 0 Å². The molecule has 0 aliphatic carbocycles. The minimum absolute atomic E-state index is 0.101. The van der Waals surface area contributed by atoms with Gasteiger partial charge in [0.1, 0.15) is 6.61 Å². The number of aliphatic hydroxyl groups is 1. The Morgan fingerprint density at radius 1 is 1.07 bits per heavy atom. The zero-order valence-electron chi connectivity index (χ0n) is 16.5. The van der Waals surface area contributed by atoms with Crippen molar-refractivity contribution in [2.45, 2.75) is 32.4 Å². The topological polar surface area (TPSA) is 65.9 Å². The van der Waals surface area contributed by atoms with E-state index in [1.165, 1.54) is 0 Å². The van der Waals surface area contributed by atoms with Crippen LogP contribution in [-0.4, -0.2) is 36.9 Å². The van der Waals surface area contributed by atoms with E-state index in [-0.39, 0.29) is 13.2 Å². The van der Waals surface area contributed by atoms with E-state index in [0.717, 1.165) is 11.1 Å². The number of nitrogens with zero attached hydrogens (tertiary/aromatic N) is 1. The Hall–Kier alpha value is -2.29. The molecule has 0 amide bonds. The van der Waals surface area contributed by atoms with Crippen molar-refractivity contribution in [1.82, 2.24) is 10.6 Å². The van der Waals surface area contributed by atoms with Gasteiger partial charge in [-0.25, -0.2) is 4.99 Å². The highest BCUT2D eigenvalue weighted by molar-refractivity contribution is 6.30. The zero-order valence-corrected chi connectivity index (χ0v) is 17.3. The lowest BCUT2D eigenvalue weighted by Crippen LogP contribution is -2.39. The maximum atomic E-state index is 12.1. The molecule has 30 heavy (non-hydrogen) atoms. The molecule has 2 aromatic rings. The maximum absolute atomic E-state index is 12.1. The summed E-state index contributed by atoms with van der Waals surface area (Å²) in [7, 11) is 0. The molecule has 0 saturated heterocycles. The van der Waals surface area contributed by atoms with E-state index < -0.39 is 18.9 Å². The predicted molar refractivity (Wildman–Crippen MR) is 111 cm³/mol. The third kappa shape index (κ3) is 9.02. The van der Waals surface area contributed by atoms with Gasteiger partial charge in [0.25, 0.3) is 0 Å². The molecular weight excluding hydrogens is 419 g/mol. The molecule has 3 N–H and O–H groups in total. The molecule has 164 valence electrons. The molecule has 0 aliphatic rings. The Morgan fingerprint density at radius 3 is 2.30 bits per heavy atom. The van der Waals surface area contributed by atoms with Crippen LogP contribution in [0.2, 0.25) is 5.02 Å². The first-order valence-corrected chi connectivity index (χ1v) is 9.82. The second-order valence-corrected chi connectivity index (χ2v) is 7.00. The van der Waals surface area contributed by atoms with Gasteiger partial charge < -0.3 is 20.5 Å². The summed E-state index contributed by atoms with van der Waals surface area (Å²) in [4.78, 5) is 4.47. The van der Waals surface area contributed by atoms with Crippen LogP contribution in [0.1, 0.15) is 29.7 Å². The summed E-state index contributed by atoms with van der Waals surface area (Å²) in [6.07, 6.45) is -5.05. The average molecular weight is 444 g/mol. The maximum Gasteiger partial charge on any atom is 0.411 e. The van der Waals surface area contributed by atoms with Gasteiger partial charge in [0.2, 0.25) is 0 Å². The van der Waals surface area contributed by atoms with Crippen LogP contribution in [0.15, 0.2) is 53.5 Å². The molecule has 0 aliphatic heterocycles. The summed E-state index contributed by atoms with van der Waals surface area (Å²) in [5, 5.41) is 17.1. The summed E-state index contributed by atoms with van der Waals surface area (Å²) >= 11 is 5.86. The molecule has 0 radical (unpaired) electrons. The minimum Gasteiger partial charge on any atom is -0.387 e. The number of ether oxygens (including phenoxy) is 1. The summed E-state index contributed by atoms with van der Waals surface area (Å²) in [6, 6.07) is 14.0. The first kappa shape index (κ1) is 24.0. The Kier molecular flexibility index (Phi) is 9.42. The van der Waals surface area contributed by atoms with E-state index >= 15 is 0 Å². The number of alkyl halides is 3. The molecular formula is C21H25ClF3N3O2. The van der Waals surface area contributed by atoms with Crippen LogP contribution in [0.5, 0.6) is 0 Å². The lowest BCUT2D eigenvalue weighted by atomic mass is 10.1. The quantitative estimate of drug-likeness (QED) is 0.401. The normalized spacial score (nSPS) is 13.2. The predicted octanol–water partition coefficient (Wildman–Crippen LogP) is 4.21. The lowest BCUT2D eigenvalue weighted by molar-refractivity contribution is -0.176. The van der Waals surface area contributed by atoms with Crippen molar-refractivity contribution in [2.24, 2.45) is 4.99 Å². The number of aliphatic hydroxyl groups excluding tert-OH is 1. The first-order valence-electron chi connectivity index (χ1n) is 9.45. The van der Waals surface area contributed by atoms with E-state index in [9.17, 15) is 18.3 Å². The van der Waals surface area contributed by atoms with Crippen LogP contribution >= 0.6 is 11.6 Å². The highest BCUT2D eigenvalue weighted by Crippen LogP contribution is 2.17. The van der Waals surface area contributed by atoms with Crippen LogP contribution < -0.4 is 10.6 Å². The molecule has 5 nitrogen and oxygen atoms in total. The molecule has 0 heterocycles. The number of nitrogens with one attached hydrogen (secondary N) is 2. The van der Waals surface area contributed by atoms with Gasteiger partial charge in [-0.2, -0.15) is 13.2 Å². The number of aliphatic imine (C=N–C) groups is 1. The second kappa shape index (κ2) is 11.8. The van der Waals surface area contributed by atoms with Gasteiger partial charge >= 0.3 is 6.18 Å². The minimum atomic E-state index is -4.33. The molecule has 2 aromatic carbocycles. The molecule has 1 atom stereocenters. The Balaban J connectivity index is 1.86. The fraction of sp³-hybridized carbons (Fsp3) is 0.381. The Morgan fingerprint density at radius 2 is 1.70 bits per heavy atom. The van der Waals surface area contributed by atoms with E-state index in [0.29, 0.717) is 29.6 Å². The highest BCUT2D eigenvalue weighted by atomic mass is 35.5. The van der Waals surface area contributed by atoms with Gasteiger partial charge in [-0.1, -0.05) is 48.0 Å². The standard InChI is InChI=1S/C21H25ClF3N3O2/c1-2-26-20(28-12-19(29)17-7-9-18(22)10-8-17)27-11-15-3-5-16(6-4-15)13-30-14-21(23,24)25/h3-10,19,29H,2,11-14H2,1H3,(H2,26,27,28). The van der Waals surface area contributed by atoms with E-state index in [2.05, 4.69) is 20.4 Å². The number of hydrogen-bond donors (Lipinski definition) is 3. The monoisotopic (exact) mass is 443 g/mol. The Labute approximate surface area is 178 Å². The molecule has 0 bridgehead atoms. The van der Waals surface area contributed by atoms with Crippen molar-refractivity contribution in [1.29, 1.82) is 0 Å². The van der Waals surface area contributed by atoms with Gasteiger partial charge in [0, 0.05) is 18.1 Å². The largest absolute Gasteiger partial charge is 0.411 e. The molecule has 0 fully saturated rings. The van der Waals surface area contributed by atoms with Crippen LogP contribution in [0, 0.1) is 0 Å². The number of rotatable bonds is 9. The number of hydrogen-bond acceptors (Lipinski definition) is 3. The number of halogens is 4. The Bertz CT molecular complexity index is 797. The van der Waals surface area contributed by atoms with Crippen molar-refractivity contribution in [3.05, 3.63) is 70.2 Å². The third-order valence-electron chi connectivity index (χ3n) is 4.04. The van der Waals surface area contributed by atoms with Crippen LogP contribution in [-0.2, 0) is 17.9 Å².